The molecule has 0 radical (unpaired) electrons. The molecule has 1 heterocycles. The second-order valence-electron chi connectivity index (χ2n) is 3.93. The van der Waals surface area contributed by atoms with Gasteiger partial charge in [0.15, 0.2) is 0 Å². The third kappa shape index (κ3) is 4.30. The zero-order valence-electron chi connectivity index (χ0n) is 12.6. The first-order chi connectivity index (χ1) is 8.61. The van der Waals surface area contributed by atoms with Crippen molar-refractivity contribution in [2.75, 3.05) is 0 Å². The summed E-state index contributed by atoms with van der Waals surface area (Å²) in [6.45, 7) is 16.6. The van der Waals surface area contributed by atoms with Crippen LogP contribution < -0.4 is 0 Å². The second-order valence-corrected chi connectivity index (χ2v) is 5.02. The smallest absolute Gasteiger partial charge is 0.00955 e. The van der Waals surface area contributed by atoms with E-state index < -0.39 is 0 Å². The Morgan fingerprint density at radius 3 is 2.44 bits per heavy atom. The van der Waals surface area contributed by atoms with Gasteiger partial charge in [0.1, 0.15) is 0 Å². The molecule has 0 aliphatic heterocycles. The summed E-state index contributed by atoms with van der Waals surface area (Å²) in [6, 6.07) is 0. The Morgan fingerprint density at radius 2 is 2.00 bits per heavy atom. The predicted octanol–water partition coefficient (Wildman–Crippen LogP) is 6.18. The van der Waals surface area contributed by atoms with Crippen LogP contribution in [0.2, 0.25) is 0 Å². The maximum Gasteiger partial charge on any atom is 0.00955 e. The molecule has 0 fully saturated rings. The Bertz CT molecular complexity index is 430. The van der Waals surface area contributed by atoms with Crippen molar-refractivity contribution < 1.29 is 0 Å². The largest absolute Gasteiger partial charge is 0.148 e. The van der Waals surface area contributed by atoms with Crippen LogP contribution in [-0.2, 0) is 6.42 Å². The summed E-state index contributed by atoms with van der Waals surface area (Å²) in [5.74, 6) is 0. The summed E-state index contributed by atoms with van der Waals surface area (Å²) in [4.78, 5) is 1.38. The molecule has 1 aromatic heterocycles. The van der Waals surface area contributed by atoms with Crippen LogP contribution in [0.4, 0.5) is 0 Å². The molecule has 0 unspecified atom stereocenters. The highest BCUT2D eigenvalue weighted by atomic mass is 32.1. The summed E-state index contributed by atoms with van der Waals surface area (Å²) in [5, 5.41) is 2.26. The molecule has 0 aliphatic rings. The highest BCUT2D eigenvalue weighted by molar-refractivity contribution is 7.10. The molecule has 1 aromatic rings. The summed E-state index contributed by atoms with van der Waals surface area (Å²) < 4.78 is 0. The van der Waals surface area contributed by atoms with E-state index in [1.807, 2.05) is 32.1 Å². The number of rotatable bonds is 4. The molecule has 18 heavy (non-hydrogen) atoms. The summed E-state index contributed by atoms with van der Waals surface area (Å²) in [5.41, 5.74) is 5.22. The summed E-state index contributed by atoms with van der Waals surface area (Å²) >= 11 is 1.83. The van der Waals surface area contributed by atoms with E-state index in [9.17, 15) is 0 Å². The van der Waals surface area contributed by atoms with Crippen LogP contribution in [0.1, 0.15) is 50.6 Å². The molecule has 0 saturated carbocycles. The molecule has 0 saturated heterocycles. The highest BCUT2D eigenvalue weighted by Crippen LogP contribution is 2.32. The lowest BCUT2D eigenvalue weighted by atomic mass is 9.95. The molecular weight excluding hydrogens is 236 g/mol. The maximum atomic E-state index is 4.08. The van der Waals surface area contributed by atoms with Gasteiger partial charge in [0, 0.05) is 4.88 Å². The lowest BCUT2D eigenvalue weighted by molar-refractivity contribution is 1.14. The lowest BCUT2D eigenvalue weighted by Crippen LogP contribution is -1.91. The number of allylic oxidation sites excluding steroid dienone is 5. The van der Waals surface area contributed by atoms with Gasteiger partial charge in [0.2, 0.25) is 0 Å². The molecule has 1 heteroatoms. The highest BCUT2D eigenvalue weighted by Gasteiger charge is 2.11. The Hall–Kier alpha value is -1.08. The normalized spacial score (nSPS) is 11.3. The molecule has 1 rings (SSSR count). The van der Waals surface area contributed by atoms with Gasteiger partial charge >= 0.3 is 0 Å². The minimum Gasteiger partial charge on any atom is -0.148 e. The average molecular weight is 262 g/mol. The Morgan fingerprint density at radius 1 is 1.39 bits per heavy atom. The standard InChI is InChI=1S/C15H20S.C2H6/c1-6-8-9-14(11(3)4)15-12(5)16-10-13(15)7-2;1-2/h6,8-10H,3,7H2,1-2,4-5H3;1-2H3/b8-6-,14-9+;. The topological polar surface area (TPSA) is 0 Å². The third-order valence-electron chi connectivity index (χ3n) is 2.62. The van der Waals surface area contributed by atoms with Crippen LogP contribution in [0.15, 0.2) is 35.8 Å². The monoisotopic (exact) mass is 262 g/mol. The fourth-order valence-electron chi connectivity index (χ4n) is 1.76. The third-order valence-corrected chi connectivity index (χ3v) is 3.58. The van der Waals surface area contributed by atoms with Gasteiger partial charge in [-0.3, -0.25) is 0 Å². The molecule has 0 aliphatic carbocycles. The van der Waals surface area contributed by atoms with E-state index >= 15 is 0 Å². The molecule has 0 spiro atoms. The molecular formula is C17H26S. The molecule has 0 amide bonds. The Kier molecular flexibility index (Phi) is 8.40. The van der Waals surface area contributed by atoms with Crippen molar-refractivity contribution in [3.8, 4) is 0 Å². The van der Waals surface area contributed by atoms with Gasteiger partial charge in [-0.15, -0.1) is 11.3 Å². The van der Waals surface area contributed by atoms with Gasteiger partial charge in [-0.05, 0) is 49.3 Å². The van der Waals surface area contributed by atoms with Gasteiger partial charge < -0.3 is 0 Å². The molecule has 0 N–H and O–H groups in total. The second kappa shape index (κ2) is 8.93. The van der Waals surface area contributed by atoms with Crippen molar-refractivity contribution in [2.45, 2.75) is 48.0 Å². The Labute approximate surface area is 117 Å². The number of thiophene rings is 1. The van der Waals surface area contributed by atoms with E-state index in [1.54, 1.807) is 0 Å². The average Bonchev–Trinajstić information content (AvgIpc) is 2.74. The zero-order chi connectivity index (χ0) is 14.1. The predicted molar refractivity (Wildman–Crippen MR) is 87.4 cm³/mol. The van der Waals surface area contributed by atoms with Crippen molar-refractivity contribution in [2.24, 2.45) is 0 Å². The summed E-state index contributed by atoms with van der Waals surface area (Å²) in [7, 11) is 0. The van der Waals surface area contributed by atoms with Crippen molar-refractivity contribution in [3.63, 3.8) is 0 Å². The van der Waals surface area contributed by atoms with Gasteiger partial charge in [-0.2, -0.15) is 0 Å². The molecule has 0 bridgehead atoms. The number of hydrogen-bond donors (Lipinski definition) is 0. The van der Waals surface area contributed by atoms with Crippen LogP contribution in [-0.4, -0.2) is 0 Å². The maximum absolute atomic E-state index is 4.08. The van der Waals surface area contributed by atoms with Gasteiger partial charge in [0.05, 0.1) is 0 Å². The van der Waals surface area contributed by atoms with Crippen LogP contribution in [0.25, 0.3) is 5.57 Å². The Balaban J connectivity index is 0.00000137. The van der Waals surface area contributed by atoms with Crippen LogP contribution in [0, 0.1) is 6.92 Å². The van der Waals surface area contributed by atoms with Crippen molar-refractivity contribution in [1.82, 2.24) is 0 Å². The minimum absolute atomic E-state index is 1.08. The van der Waals surface area contributed by atoms with Crippen LogP contribution in [0.5, 0.6) is 0 Å². The quantitative estimate of drug-likeness (QED) is 0.568. The van der Waals surface area contributed by atoms with Crippen molar-refractivity contribution in [3.05, 3.63) is 51.8 Å². The van der Waals surface area contributed by atoms with Gasteiger partial charge in [-0.25, -0.2) is 0 Å². The fourth-order valence-corrected chi connectivity index (χ4v) is 2.72. The van der Waals surface area contributed by atoms with E-state index in [4.69, 9.17) is 0 Å². The minimum atomic E-state index is 1.08. The molecule has 0 atom stereocenters. The lowest BCUT2D eigenvalue weighted by Gasteiger charge is -2.09. The molecule has 0 aromatic carbocycles. The summed E-state index contributed by atoms with van der Waals surface area (Å²) in [6.07, 6.45) is 7.38. The van der Waals surface area contributed by atoms with Crippen LogP contribution in [0.3, 0.4) is 0 Å². The first kappa shape index (κ1) is 16.9. The fraction of sp³-hybridized carbons (Fsp3) is 0.412. The SMILES string of the molecule is C=C(C)/C(=C\C=C/C)c1c(CC)csc1C.CC. The van der Waals surface area contributed by atoms with E-state index in [2.05, 4.69) is 51.0 Å². The first-order valence-corrected chi connectivity index (χ1v) is 7.56. The number of aryl methyl sites for hydroxylation is 2. The van der Waals surface area contributed by atoms with Crippen molar-refractivity contribution >= 4 is 16.9 Å². The van der Waals surface area contributed by atoms with E-state index in [1.165, 1.54) is 21.6 Å². The molecule has 0 nitrogen and oxygen atoms in total. The van der Waals surface area contributed by atoms with E-state index in [-0.39, 0.29) is 0 Å². The van der Waals surface area contributed by atoms with E-state index in [0.717, 1.165) is 12.0 Å². The van der Waals surface area contributed by atoms with Gasteiger partial charge in [0.25, 0.3) is 0 Å². The van der Waals surface area contributed by atoms with Crippen LogP contribution >= 0.6 is 11.3 Å². The zero-order valence-corrected chi connectivity index (χ0v) is 13.4. The number of hydrogen-bond acceptors (Lipinski definition) is 1. The first-order valence-electron chi connectivity index (χ1n) is 6.68. The van der Waals surface area contributed by atoms with Crippen molar-refractivity contribution in [1.29, 1.82) is 0 Å². The van der Waals surface area contributed by atoms with Gasteiger partial charge in [-0.1, -0.05) is 51.2 Å². The molecule has 100 valence electrons. The van der Waals surface area contributed by atoms with E-state index in [0.29, 0.717) is 0 Å².